The van der Waals surface area contributed by atoms with Gasteiger partial charge in [-0.1, -0.05) is 172 Å². The minimum absolute atomic E-state index is 0.222. The topological polar surface area (TPSA) is 16.4 Å². The molecule has 12 rings (SSSR count). The molecule has 0 saturated carbocycles. The van der Waals surface area contributed by atoms with Crippen LogP contribution < -0.4 is 4.90 Å². The number of nitrogens with zero attached hydrogens (tertiary/aromatic N) is 1. The number of furan rings is 1. The molecule has 1 aromatic heterocycles. The fourth-order valence-electron chi connectivity index (χ4n) is 9.98. The van der Waals surface area contributed by atoms with Gasteiger partial charge in [-0.25, -0.2) is 0 Å². The Morgan fingerprint density at radius 3 is 1.60 bits per heavy atom. The second-order valence-electron chi connectivity index (χ2n) is 17.3. The van der Waals surface area contributed by atoms with Crippen molar-refractivity contribution < 1.29 is 4.42 Å². The van der Waals surface area contributed by atoms with Crippen molar-refractivity contribution in [2.24, 2.45) is 0 Å². The van der Waals surface area contributed by atoms with E-state index in [1.807, 2.05) is 12.1 Å². The van der Waals surface area contributed by atoms with Gasteiger partial charge in [0.2, 0.25) is 0 Å². The normalized spacial score (nSPS) is 12.7. The smallest absolute Gasteiger partial charge is 0.135 e. The molecule has 2 nitrogen and oxygen atoms in total. The molecule has 1 heterocycles. The lowest BCUT2D eigenvalue weighted by Gasteiger charge is -2.28. The van der Waals surface area contributed by atoms with Crippen LogP contribution in [0.4, 0.5) is 17.1 Å². The second-order valence-corrected chi connectivity index (χ2v) is 17.3. The molecule has 1 aliphatic rings. The number of hydrogen-bond donors (Lipinski definition) is 0. The molecule has 0 amide bonds. The molecule has 298 valence electrons. The predicted molar refractivity (Wildman–Crippen MR) is 265 cm³/mol. The number of para-hydroxylation sites is 1. The van der Waals surface area contributed by atoms with Gasteiger partial charge in [0.25, 0.3) is 0 Å². The van der Waals surface area contributed by atoms with E-state index in [2.05, 4.69) is 231 Å². The van der Waals surface area contributed by atoms with Crippen molar-refractivity contribution in [2.75, 3.05) is 4.90 Å². The number of rotatable bonds is 7. The Labute approximate surface area is 368 Å². The molecule has 0 fully saturated rings. The fourth-order valence-corrected chi connectivity index (χ4v) is 9.98. The first-order valence-corrected chi connectivity index (χ1v) is 21.8. The van der Waals surface area contributed by atoms with Crippen LogP contribution in [-0.4, -0.2) is 0 Å². The Morgan fingerprint density at radius 2 is 0.825 bits per heavy atom. The van der Waals surface area contributed by atoms with Crippen molar-refractivity contribution in [2.45, 2.75) is 19.3 Å². The Hall–Kier alpha value is -7.94. The summed E-state index contributed by atoms with van der Waals surface area (Å²) in [6, 6.07) is 81.7. The third-order valence-corrected chi connectivity index (χ3v) is 13.3. The molecule has 0 N–H and O–H groups in total. The Kier molecular flexibility index (Phi) is 8.55. The lowest BCUT2D eigenvalue weighted by atomic mass is 9.81. The summed E-state index contributed by atoms with van der Waals surface area (Å²) in [5.41, 5.74) is 19.9. The summed E-state index contributed by atoms with van der Waals surface area (Å²) in [7, 11) is 0. The highest BCUT2D eigenvalue weighted by Gasteiger charge is 2.36. The molecule has 10 aromatic carbocycles. The van der Waals surface area contributed by atoms with Crippen molar-refractivity contribution >= 4 is 49.8 Å². The average molecular weight is 806 g/mol. The Bertz CT molecular complexity index is 3520. The van der Waals surface area contributed by atoms with E-state index in [-0.39, 0.29) is 5.41 Å². The van der Waals surface area contributed by atoms with Gasteiger partial charge in [0.05, 0.1) is 0 Å². The predicted octanol–water partition coefficient (Wildman–Crippen LogP) is 17.2. The van der Waals surface area contributed by atoms with Gasteiger partial charge in [0, 0.05) is 33.2 Å². The zero-order chi connectivity index (χ0) is 42.1. The molecular weight excluding hydrogens is 763 g/mol. The van der Waals surface area contributed by atoms with Gasteiger partial charge in [-0.2, -0.15) is 0 Å². The zero-order valence-corrected chi connectivity index (χ0v) is 35.2. The molecule has 63 heavy (non-hydrogen) atoms. The maximum Gasteiger partial charge on any atom is 0.135 e. The third-order valence-electron chi connectivity index (χ3n) is 13.3. The van der Waals surface area contributed by atoms with Crippen LogP contribution in [0.3, 0.4) is 0 Å². The van der Waals surface area contributed by atoms with Crippen LogP contribution in [0.2, 0.25) is 0 Å². The monoisotopic (exact) mass is 805 g/mol. The number of hydrogen-bond acceptors (Lipinski definition) is 2. The summed E-state index contributed by atoms with van der Waals surface area (Å²) in [5.74, 6) is 0. The first kappa shape index (κ1) is 36.9. The number of benzene rings is 10. The zero-order valence-electron chi connectivity index (χ0n) is 35.2. The van der Waals surface area contributed by atoms with E-state index in [0.717, 1.165) is 39.0 Å². The second kappa shape index (κ2) is 14.6. The maximum atomic E-state index is 6.17. The van der Waals surface area contributed by atoms with Gasteiger partial charge in [-0.3, -0.25) is 0 Å². The van der Waals surface area contributed by atoms with Gasteiger partial charge in [-0.05, 0) is 144 Å². The SMILES string of the molecule is CC1(C)c2cc(-c3ccc4oc5ccccc5c4c3)ccc2-c2ccc(N(c3ccc(-c4cccc(-c5ccccc5)c4)cc3)c3ccc(-c4cccc5ccccc45)cc3)cc21. The molecule has 0 atom stereocenters. The summed E-state index contributed by atoms with van der Waals surface area (Å²) < 4.78 is 6.17. The van der Waals surface area contributed by atoms with E-state index >= 15 is 0 Å². The lowest BCUT2D eigenvalue weighted by Crippen LogP contribution is -2.16. The molecule has 0 spiro atoms. The molecule has 0 radical (unpaired) electrons. The molecule has 0 bridgehead atoms. The summed E-state index contributed by atoms with van der Waals surface area (Å²) in [5, 5.41) is 4.80. The van der Waals surface area contributed by atoms with Gasteiger partial charge in [0.1, 0.15) is 11.2 Å². The van der Waals surface area contributed by atoms with Crippen molar-refractivity contribution in [1.29, 1.82) is 0 Å². The van der Waals surface area contributed by atoms with Crippen LogP contribution in [0.1, 0.15) is 25.0 Å². The number of anilines is 3. The molecule has 0 saturated heterocycles. The van der Waals surface area contributed by atoms with E-state index in [1.54, 1.807) is 0 Å². The van der Waals surface area contributed by atoms with Crippen LogP contribution in [0.5, 0.6) is 0 Å². The minimum Gasteiger partial charge on any atom is -0.456 e. The van der Waals surface area contributed by atoms with Crippen LogP contribution >= 0.6 is 0 Å². The van der Waals surface area contributed by atoms with Crippen LogP contribution in [0.15, 0.2) is 229 Å². The van der Waals surface area contributed by atoms with E-state index < -0.39 is 0 Å². The highest BCUT2D eigenvalue weighted by Crippen LogP contribution is 2.52. The summed E-state index contributed by atoms with van der Waals surface area (Å²) in [4.78, 5) is 2.41. The first-order valence-electron chi connectivity index (χ1n) is 21.8. The van der Waals surface area contributed by atoms with Crippen molar-refractivity contribution in [1.82, 2.24) is 0 Å². The summed E-state index contributed by atoms with van der Waals surface area (Å²) in [6.45, 7) is 4.75. The van der Waals surface area contributed by atoms with Crippen molar-refractivity contribution in [3.8, 4) is 55.6 Å². The third kappa shape index (κ3) is 6.25. The quantitative estimate of drug-likeness (QED) is 0.160. The minimum atomic E-state index is -0.222. The van der Waals surface area contributed by atoms with Crippen molar-refractivity contribution in [3.05, 3.63) is 236 Å². The average Bonchev–Trinajstić information content (AvgIpc) is 3.83. The lowest BCUT2D eigenvalue weighted by molar-refractivity contribution is 0.660. The van der Waals surface area contributed by atoms with Gasteiger partial charge in [-0.15, -0.1) is 0 Å². The molecular formula is C61H43NO. The van der Waals surface area contributed by atoms with Gasteiger partial charge < -0.3 is 9.32 Å². The van der Waals surface area contributed by atoms with E-state index in [0.29, 0.717) is 0 Å². The molecule has 11 aromatic rings. The Balaban J connectivity index is 0.934. The van der Waals surface area contributed by atoms with Crippen LogP contribution in [0.25, 0.3) is 88.3 Å². The van der Waals surface area contributed by atoms with Crippen LogP contribution in [0, 0.1) is 0 Å². The maximum absolute atomic E-state index is 6.17. The highest BCUT2D eigenvalue weighted by molar-refractivity contribution is 6.06. The summed E-state index contributed by atoms with van der Waals surface area (Å²) >= 11 is 0. The molecule has 2 heteroatoms. The molecule has 1 aliphatic carbocycles. The van der Waals surface area contributed by atoms with Crippen molar-refractivity contribution in [3.63, 3.8) is 0 Å². The molecule has 0 unspecified atom stereocenters. The van der Waals surface area contributed by atoms with E-state index in [4.69, 9.17) is 4.42 Å². The number of fused-ring (bicyclic) bond motifs is 7. The van der Waals surface area contributed by atoms with Gasteiger partial charge in [0.15, 0.2) is 0 Å². The van der Waals surface area contributed by atoms with Crippen LogP contribution in [-0.2, 0) is 5.41 Å². The van der Waals surface area contributed by atoms with E-state index in [1.165, 1.54) is 77.5 Å². The largest absolute Gasteiger partial charge is 0.456 e. The van der Waals surface area contributed by atoms with Gasteiger partial charge >= 0.3 is 0 Å². The highest BCUT2D eigenvalue weighted by atomic mass is 16.3. The standard InChI is InChI=1S/C61H43NO/c1-61(2)57-38-47(46-27-35-60-56(37-46)55-19-8-9-21-59(55)63-60)26-33-53(57)54-34-32-50(39-58(54)61)62(49-30-24-43(25-31-49)52-20-11-15-42-14-6-7-18-51(42)52)48-28-22-41(23-29-48)45-17-10-16-44(36-45)40-12-4-3-5-13-40/h3-39H,1-2H3. The Morgan fingerprint density at radius 1 is 0.317 bits per heavy atom. The first-order chi connectivity index (χ1) is 31.0. The molecule has 0 aliphatic heterocycles. The van der Waals surface area contributed by atoms with E-state index in [9.17, 15) is 0 Å². The fraction of sp³-hybridized carbons (Fsp3) is 0.0492. The summed E-state index contributed by atoms with van der Waals surface area (Å²) in [6.07, 6.45) is 0.